The SMILES string of the molecule is CCCCNC(C)CC(CC)C(C)C. The summed E-state index contributed by atoms with van der Waals surface area (Å²) in [6, 6.07) is 0.689. The Morgan fingerprint density at radius 1 is 1.07 bits per heavy atom. The molecule has 0 aliphatic heterocycles. The van der Waals surface area contributed by atoms with Crippen molar-refractivity contribution in [3.8, 4) is 0 Å². The molecule has 0 aromatic rings. The predicted molar refractivity (Wildman–Crippen MR) is 65.6 cm³/mol. The number of nitrogens with one attached hydrogen (secondary N) is 1. The molecule has 0 radical (unpaired) electrons. The van der Waals surface area contributed by atoms with E-state index in [0.29, 0.717) is 6.04 Å². The molecule has 2 atom stereocenters. The van der Waals surface area contributed by atoms with Gasteiger partial charge < -0.3 is 5.32 Å². The second-order valence-corrected chi connectivity index (χ2v) is 4.86. The molecule has 0 saturated heterocycles. The Bertz CT molecular complexity index is 120. The van der Waals surface area contributed by atoms with Crippen molar-refractivity contribution >= 4 is 0 Å². The molecule has 0 aliphatic rings. The number of unbranched alkanes of at least 4 members (excludes halogenated alkanes) is 1. The van der Waals surface area contributed by atoms with Crippen LogP contribution < -0.4 is 5.32 Å². The third-order valence-electron chi connectivity index (χ3n) is 3.15. The second-order valence-electron chi connectivity index (χ2n) is 4.86. The van der Waals surface area contributed by atoms with Gasteiger partial charge in [0.15, 0.2) is 0 Å². The summed E-state index contributed by atoms with van der Waals surface area (Å²) in [5.41, 5.74) is 0. The van der Waals surface area contributed by atoms with Crippen LogP contribution >= 0.6 is 0 Å². The van der Waals surface area contributed by atoms with Crippen molar-refractivity contribution < 1.29 is 0 Å². The lowest BCUT2D eigenvalue weighted by molar-refractivity contribution is 0.308. The van der Waals surface area contributed by atoms with E-state index in [1.807, 2.05) is 0 Å². The fourth-order valence-electron chi connectivity index (χ4n) is 1.97. The zero-order valence-corrected chi connectivity index (χ0v) is 10.8. The summed E-state index contributed by atoms with van der Waals surface area (Å²) in [5.74, 6) is 1.72. The lowest BCUT2D eigenvalue weighted by atomic mass is 9.87. The van der Waals surface area contributed by atoms with E-state index in [1.165, 1.54) is 32.2 Å². The topological polar surface area (TPSA) is 12.0 Å². The Morgan fingerprint density at radius 3 is 2.14 bits per heavy atom. The molecule has 1 nitrogen and oxygen atoms in total. The molecule has 86 valence electrons. The highest BCUT2D eigenvalue weighted by atomic mass is 14.9. The van der Waals surface area contributed by atoms with Crippen LogP contribution in [0.4, 0.5) is 0 Å². The molecule has 0 fully saturated rings. The van der Waals surface area contributed by atoms with E-state index < -0.39 is 0 Å². The van der Waals surface area contributed by atoms with Gasteiger partial charge in [-0.3, -0.25) is 0 Å². The van der Waals surface area contributed by atoms with Crippen LogP contribution in [-0.2, 0) is 0 Å². The number of hydrogen-bond donors (Lipinski definition) is 1. The number of rotatable bonds is 8. The summed E-state index contributed by atoms with van der Waals surface area (Å²) in [6.07, 6.45) is 5.25. The molecule has 0 bridgehead atoms. The molecule has 14 heavy (non-hydrogen) atoms. The molecule has 0 rings (SSSR count). The monoisotopic (exact) mass is 199 g/mol. The molecule has 0 heterocycles. The standard InChI is InChI=1S/C13H29N/c1-6-8-9-14-12(5)10-13(7-2)11(3)4/h11-14H,6-10H2,1-5H3. The summed E-state index contributed by atoms with van der Waals surface area (Å²) in [7, 11) is 0. The smallest absolute Gasteiger partial charge is 0.00414 e. The van der Waals surface area contributed by atoms with E-state index >= 15 is 0 Å². The molecule has 1 N–H and O–H groups in total. The Kier molecular flexibility index (Phi) is 8.26. The van der Waals surface area contributed by atoms with Gasteiger partial charge in [-0.1, -0.05) is 40.5 Å². The maximum Gasteiger partial charge on any atom is 0.00414 e. The van der Waals surface area contributed by atoms with Gasteiger partial charge in [0.25, 0.3) is 0 Å². The quantitative estimate of drug-likeness (QED) is 0.586. The van der Waals surface area contributed by atoms with Crippen molar-refractivity contribution in [2.45, 2.75) is 66.3 Å². The molecule has 2 unspecified atom stereocenters. The third-order valence-corrected chi connectivity index (χ3v) is 3.15. The van der Waals surface area contributed by atoms with Crippen LogP contribution in [0.2, 0.25) is 0 Å². The van der Waals surface area contributed by atoms with Gasteiger partial charge in [-0.2, -0.15) is 0 Å². The first-order valence-corrected chi connectivity index (χ1v) is 6.35. The second kappa shape index (κ2) is 8.28. The van der Waals surface area contributed by atoms with Crippen molar-refractivity contribution in [1.29, 1.82) is 0 Å². The van der Waals surface area contributed by atoms with E-state index in [1.54, 1.807) is 0 Å². The van der Waals surface area contributed by atoms with Gasteiger partial charge in [0.1, 0.15) is 0 Å². The minimum absolute atomic E-state index is 0.689. The first kappa shape index (κ1) is 14.0. The van der Waals surface area contributed by atoms with E-state index in [2.05, 4.69) is 39.9 Å². The lowest BCUT2D eigenvalue weighted by Gasteiger charge is -2.23. The van der Waals surface area contributed by atoms with Gasteiger partial charge in [-0.25, -0.2) is 0 Å². The molecule has 0 saturated carbocycles. The molecule has 0 aromatic heterocycles. The van der Waals surface area contributed by atoms with Gasteiger partial charge in [0.2, 0.25) is 0 Å². The van der Waals surface area contributed by atoms with Crippen LogP contribution in [0, 0.1) is 11.8 Å². The Labute approximate surface area is 90.7 Å². The summed E-state index contributed by atoms with van der Waals surface area (Å²) < 4.78 is 0. The molecule has 1 heteroatoms. The van der Waals surface area contributed by atoms with Crippen molar-refractivity contribution in [2.24, 2.45) is 11.8 Å². The Balaban J connectivity index is 3.62. The van der Waals surface area contributed by atoms with E-state index in [-0.39, 0.29) is 0 Å². The van der Waals surface area contributed by atoms with Crippen molar-refractivity contribution in [3.63, 3.8) is 0 Å². The first-order valence-electron chi connectivity index (χ1n) is 6.35. The van der Waals surface area contributed by atoms with Crippen LogP contribution in [0.15, 0.2) is 0 Å². The molecular formula is C13H29N. The van der Waals surface area contributed by atoms with E-state index in [4.69, 9.17) is 0 Å². The van der Waals surface area contributed by atoms with Gasteiger partial charge >= 0.3 is 0 Å². The molecule has 0 aliphatic carbocycles. The van der Waals surface area contributed by atoms with Crippen molar-refractivity contribution in [2.75, 3.05) is 6.54 Å². The molecule has 0 spiro atoms. The maximum atomic E-state index is 3.60. The van der Waals surface area contributed by atoms with Gasteiger partial charge in [-0.05, 0) is 38.1 Å². The van der Waals surface area contributed by atoms with Gasteiger partial charge in [-0.15, -0.1) is 0 Å². The average Bonchev–Trinajstić information content (AvgIpc) is 2.14. The van der Waals surface area contributed by atoms with Crippen LogP contribution in [0.1, 0.15) is 60.3 Å². The zero-order valence-electron chi connectivity index (χ0n) is 10.8. The van der Waals surface area contributed by atoms with Gasteiger partial charge in [0, 0.05) is 6.04 Å². The fraction of sp³-hybridized carbons (Fsp3) is 1.00. The highest BCUT2D eigenvalue weighted by Crippen LogP contribution is 2.20. The van der Waals surface area contributed by atoms with Crippen LogP contribution in [-0.4, -0.2) is 12.6 Å². The Hall–Kier alpha value is -0.0400. The average molecular weight is 199 g/mol. The van der Waals surface area contributed by atoms with Crippen LogP contribution in [0.5, 0.6) is 0 Å². The summed E-state index contributed by atoms with van der Waals surface area (Å²) in [6.45, 7) is 12.7. The van der Waals surface area contributed by atoms with E-state index in [9.17, 15) is 0 Å². The highest BCUT2D eigenvalue weighted by molar-refractivity contribution is 4.69. The van der Waals surface area contributed by atoms with Crippen LogP contribution in [0.25, 0.3) is 0 Å². The minimum Gasteiger partial charge on any atom is -0.314 e. The largest absolute Gasteiger partial charge is 0.314 e. The summed E-state index contributed by atoms with van der Waals surface area (Å²) >= 11 is 0. The van der Waals surface area contributed by atoms with E-state index in [0.717, 1.165) is 11.8 Å². The Morgan fingerprint density at radius 2 is 1.71 bits per heavy atom. The highest BCUT2D eigenvalue weighted by Gasteiger charge is 2.14. The minimum atomic E-state index is 0.689. The van der Waals surface area contributed by atoms with Crippen LogP contribution in [0.3, 0.4) is 0 Å². The molecule has 0 amide bonds. The zero-order chi connectivity index (χ0) is 11.0. The van der Waals surface area contributed by atoms with Crippen molar-refractivity contribution in [1.82, 2.24) is 5.32 Å². The molecular weight excluding hydrogens is 170 g/mol. The summed E-state index contributed by atoms with van der Waals surface area (Å²) in [5, 5.41) is 3.60. The summed E-state index contributed by atoms with van der Waals surface area (Å²) in [4.78, 5) is 0. The first-order chi connectivity index (χ1) is 6.61. The van der Waals surface area contributed by atoms with Crippen molar-refractivity contribution in [3.05, 3.63) is 0 Å². The fourth-order valence-corrected chi connectivity index (χ4v) is 1.97. The number of hydrogen-bond acceptors (Lipinski definition) is 1. The van der Waals surface area contributed by atoms with Gasteiger partial charge in [0.05, 0.1) is 0 Å². The normalized spacial score (nSPS) is 15.9. The lowest BCUT2D eigenvalue weighted by Crippen LogP contribution is -2.30. The predicted octanol–water partition coefficient (Wildman–Crippen LogP) is 3.84. The maximum absolute atomic E-state index is 3.60. The third kappa shape index (κ3) is 6.42. The molecule has 0 aromatic carbocycles.